The van der Waals surface area contributed by atoms with Gasteiger partial charge in [-0.05, 0) is 49.1 Å². The first-order valence-corrected chi connectivity index (χ1v) is 7.93. The zero-order chi connectivity index (χ0) is 16.7. The summed E-state index contributed by atoms with van der Waals surface area (Å²) in [6, 6.07) is 13.6. The van der Waals surface area contributed by atoms with Gasteiger partial charge in [-0.3, -0.25) is 0 Å². The lowest BCUT2D eigenvalue weighted by Crippen LogP contribution is -2.32. The highest BCUT2D eigenvalue weighted by molar-refractivity contribution is 5.90. The predicted octanol–water partition coefficient (Wildman–Crippen LogP) is 4.41. The molecule has 0 fully saturated rings. The van der Waals surface area contributed by atoms with Gasteiger partial charge in [0.25, 0.3) is 0 Å². The molecule has 2 aromatic rings. The third kappa shape index (κ3) is 5.02. The molecule has 2 rings (SSSR count). The van der Waals surface area contributed by atoms with E-state index in [2.05, 4.69) is 29.7 Å². The van der Waals surface area contributed by atoms with Crippen molar-refractivity contribution >= 4 is 11.7 Å². The summed E-state index contributed by atoms with van der Waals surface area (Å²) in [5.74, 6) is 0.747. The monoisotopic (exact) mass is 312 g/mol. The molecule has 0 heterocycles. The lowest BCUT2D eigenvalue weighted by atomic mass is 10.1. The number of nitrogens with one attached hydrogen (secondary N) is 2. The maximum Gasteiger partial charge on any atom is 0.321 e. The third-order valence-corrected chi connectivity index (χ3v) is 3.65. The molecule has 4 heteroatoms. The Balaban J connectivity index is 1.80. The summed E-state index contributed by atoms with van der Waals surface area (Å²) < 4.78 is 5.54. The molecule has 2 N–H and O–H groups in total. The Hall–Kier alpha value is -2.49. The zero-order valence-electron chi connectivity index (χ0n) is 14.0. The molecule has 23 heavy (non-hydrogen) atoms. The quantitative estimate of drug-likeness (QED) is 0.776. The number of urea groups is 1. The van der Waals surface area contributed by atoms with Gasteiger partial charge in [-0.15, -0.1) is 0 Å². The molecule has 0 spiro atoms. The molecule has 0 aliphatic carbocycles. The molecule has 0 radical (unpaired) electrons. The summed E-state index contributed by atoms with van der Waals surface area (Å²) in [7, 11) is 0. The standard InChI is InChI=1S/C19H24N2O2/c1-4-6-16-9-11-17(12-10-16)23-13-20-19(22)21-18-14(2)7-5-8-15(18)3/h5,7-12H,4,6,13H2,1-3H3,(H2,20,21,22). The van der Waals surface area contributed by atoms with Crippen LogP contribution >= 0.6 is 0 Å². The van der Waals surface area contributed by atoms with E-state index < -0.39 is 0 Å². The molecule has 0 aliphatic rings. The maximum absolute atomic E-state index is 11.9. The van der Waals surface area contributed by atoms with E-state index in [0.29, 0.717) is 0 Å². The molecule has 2 amide bonds. The van der Waals surface area contributed by atoms with E-state index in [1.165, 1.54) is 5.56 Å². The fourth-order valence-electron chi connectivity index (χ4n) is 2.40. The first-order chi connectivity index (χ1) is 11.1. The van der Waals surface area contributed by atoms with Gasteiger partial charge in [0.05, 0.1) is 0 Å². The molecule has 2 aromatic carbocycles. The second-order valence-electron chi connectivity index (χ2n) is 5.58. The molecule has 0 bridgehead atoms. The average Bonchev–Trinajstić information content (AvgIpc) is 2.53. The van der Waals surface area contributed by atoms with Gasteiger partial charge in [-0.2, -0.15) is 0 Å². The van der Waals surface area contributed by atoms with E-state index in [0.717, 1.165) is 35.4 Å². The van der Waals surface area contributed by atoms with Crippen LogP contribution in [-0.2, 0) is 6.42 Å². The largest absolute Gasteiger partial charge is 0.473 e. The highest BCUT2D eigenvalue weighted by Crippen LogP contribution is 2.19. The average molecular weight is 312 g/mol. The smallest absolute Gasteiger partial charge is 0.321 e. The minimum absolute atomic E-state index is 0.129. The van der Waals surface area contributed by atoms with E-state index in [1.54, 1.807) is 0 Å². The van der Waals surface area contributed by atoms with Gasteiger partial charge < -0.3 is 15.4 Å². The molecule has 122 valence electrons. The highest BCUT2D eigenvalue weighted by atomic mass is 16.5. The molecule has 0 saturated carbocycles. The van der Waals surface area contributed by atoms with Crippen LogP contribution in [0.25, 0.3) is 0 Å². The number of aryl methyl sites for hydroxylation is 3. The Bertz CT molecular complexity index is 631. The van der Waals surface area contributed by atoms with E-state index in [4.69, 9.17) is 4.74 Å². The predicted molar refractivity (Wildman–Crippen MR) is 94.0 cm³/mol. The van der Waals surface area contributed by atoms with Gasteiger partial charge >= 0.3 is 6.03 Å². The number of anilines is 1. The van der Waals surface area contributed by atoms with Crippen LogP contribution in [0.5, 0.6) is 5.75 Å². The summed E-state index contributed by atoms with van der Waals surface area (Å²) in [4.78, 5) is 11.9. The first-order valence-electron chi connectivity index (χ1n) is 7.93. The number of rotatable bonds is 6. The lowest BCUT2D eigenvalue weighted by molar-refractivity contribution is 0.234. The number of hydrogen-bond donors (Lipinski definition) is 2. The van der Waals surface area contributed by atoms with Crippen LogP contribution < -0.4 is 15.4 Å². The Morgan fingerprint density at radius 3 is 2.30 bits per heavy atom. The maximum atomic E-state index is 11.9. The van der Waals surface area contributed by atoms with Crippen molar-refractivity contribution in [3.8, 4) is 5.75 Å². The molecule has 0 aromatic heterocycles. The van der Waals surface area contributed by atoms with Crippen molar-refractivity contribution in [2.24, 2.45) is 0 Å². The number of hydrogen-bond acceptors (Lipinski definition) is 2. The molecular formula is C19H24N2O2. The highest BCUT2D eigenvalue weighted by Gasteiger charge is 2.06. The molecule has 0 atom stereocenters. The Kier molecular flexibility index (Phi) is 6.03. The summed E-state index contributed by atoms with van der Waals surface area (Å²) >= 11 is 0. The van der Waals surface area contributed by atoms with Gasteiger partial charge in [0.2, 0.25) is 0 Å². The van der Waals surface area contributed by atoms with E-state index >= 15 is 0 Å². The number of amides is 2. The summed E-state index contributed by atoms with van der Waals surface area (Å²) in [5.41, 5.74) is 4.20. The minimum atomic E-state index is -0.273. The molecule has 0 saturated heterocycles. The fourth-order valence-corrected chi connectivity index (χ4v) is 2.40. The zero-order valence-corrected chi connectivity index (χ0v) is 14.0. The number of carbonyl (C=O) groups is 1. The third-order valence-electron chi connectivity index (χ3n) is 3.65. The van der Waals surface area contributed by atoms with Crippen LogP contribution in [0.4, 0.5) is 10.5 Å². The van der Waals surface area contributed by atoms with Crippen LogP contribution in [0.3, 0.4) is 0 Å². The van der Waals surface area contributed by atoms with Gasteiger partial charge in [0.1, 0.15) is 5.75 Å². The molecule has 4 nitrogen and oxygen atoms in total. The first kappa shape index (κ1) is 16.9. The van der Waals surface area contributed by atoms with Crippen molar-refractivity contribution in [3.05, 3.63) is 59.2 Å². The van der Waals surface area contributed by atoms with E-state index in [1.807, 2.05) is 44.2 Å². The van der Waals surface area contributed by atoms with Gasteiger partial charge in [0.15, 0.2) is 6.73 Å². The number of carbonyl (C=O) groups excluding carboxylic acids is 1. The molecular weight excluding hydrogens is 288 g/mol. The summed E-state index contributed by atoms with van der Waals surface area (Å²) in [5, 5.41) is 5.56. The van der Waals surface area contributed by atoms with Crippen LogP contribution in [0.1, 0.15) is 30.0 Å². The van der Waals surface area contributed by atoms with Crippen molar-refractivity contribution in [1.29, 1.82) is 0 Å². The summed E-state index contributed by atoms with van der Waals surface area (Å²) in [6.07, 6.45) is 2.19. The Morgan fingerprint density at radius 1 is 1.04 bits per heavy atom. The van der Waals surface area contributed by atoms with Crippen LogP contribution in [0.2, 0.25) is 0 Å². The van der Waals surface area contributed by atoms with Crippen LogP contribution in [0.15, 0.2) is 42.5 Å². The minimum Gasteiger partial charge on any atom is -0.473 e. The van der Waals surface area contributed by atoms with Crippen molar-refractivity contribution < 1.29 is 9.53 Å². The van der Waals surface area contributed by atoms with Crippen molar-refractivity contribution in [3.63, 3.8) is 0 Å². The normalized spacial score (nSPS) is 10.2. The second-order valence-corrected chi connectivity index (χ2v) is 5.58. The van der Waals surface area contributed by atoms with Gasteiger partial charge in [-0.25, -0.2) is 4.79 Å². The Morgan fingerprint density at radius 2 is 1.70 bits per heavy atom. The molecule has 0 unspecified atom stereocenters. The fraction of sp³-hybridized carbons (Fsp3) is 0.316. The van der Waals surface area contributed by atoms with Gasteiger partial charge in [0, 0.05) is 5.69 Å². The number of benzene rings is 2. The SMILES string of the molecule is CCCc1ccc(OCNC(=O)Nc2c(C)cccc2C)cc1. The van der Waals surface area contributed by atoms with Crippen LogP contribution in [0, 0.1) is 13.8 Å². The van der Waals surface area contributed by atoms with Crippen LogP contribution in [-0.4, -0.2) is 12.8 Å². The number of ether oxygens (including phenoxy) is 1. The van der Waals surface area contributed by atoms with Gasteiger partial charge in [-0.1, -0.05) is 43.7 Å². The summed E-state index contributed by atoms with van der Waals surface area (Å²) in [6.45, 7) is 6.22. The van der Waals surface area contributed by atoms with Crippen molar-refractivity contribution in [2.45, 2.75) is 33.6 Å². The van der Waals surface area contributed by atoms with Crippen molar-refractivity contribution in [1.82, 2.24) is 5.32 Å². The molecule has 0 aliphatic heterocycles. The van der Waals surface area contributed by atoms with Crippen molar-refractivity contribution in [2.75, 3.05) is 12.0 Å². The lowest BCUT2D eigenvalue weighted by Gasteiger charge is -2.13. The number of para-hydroxylation sites is 1. The van der Waals surface area contributed by atoms with E-state index in [-0.39, 0.29) is 12.8 Å². The van der Waals surface area contributed by atoms with E-state index in [9.17, 15) is 4.79 Å². The topological polar surface area (TPSA) is 50.4 Å². The second kappa shape index (κ2) is 8.22. The Labute approximate surface area is 137 Å².